The van der Waals surface area contributed by atoms with Crippen LogP contribution in [0.5, 0.6) is 0 Å². The molecule has 0 aliphatic carbocycles. The van der Waals surface area contributed by atoms with Crippen molar-refractivity contribution in [3.05, 3.63) is 41.7 Å². The molecule has 0 spiro atoms. The summed E-state index contributed by atoms with van der Waals surface area (Å²) in [7, 11) is 1.20. The van der Waals surface area contributed by atoms with Crippen molar-refractivity contribution in [3.8, 4) is 11.3 Å². The Labute approximate surface area is 140 Å². The molecule has 1 amide bonds. The molecule has 0 radical (unpaired) electrons. The molecule has 1 aliphatic rings. The first-order chi connectivity index (χ1) is 11.9. The zero-order chi connectivity index (χ0) is 18.0. The van der Waals surface area contributed by atoms with Crippen molar-refractivity contribution >= 4 is 11.9 Å². The van der Waals surface area contributed by atoms with Crippen molar-refractivity contribution in [1.29, 1.82) is 0 Å². The monoisotopic (exact) mass is 352 g/mol. The minimum atomic E-state index is -1.32. The number of benzene rings is 1. The lowest BCUT2D eigenvalue weighted by Gasteiger charge is -2.24. The van der Waals surface area contributed by atoms with Crippen LogP contribution in [0.4, 0.5) is 8.78 Å². The molecule has 1 aromatic heterocycles. The first-order valence-corrected chi connectivity index (χ1v) is 7.36. The standard InChI is InChI=1S/C16H14F2N2O5/c1-23-15(22)16(4-5-24-8-16)19-14(21)13-7-12(20-25-13)10-6-9(17)2-3-11(10)18/h2-3,6-7H,4-5,8H2,1H3,(H,19,21)/t16-/m0/s1. The number of aromatic nitrogens is 1. The summed E-state index contributed by atoms with van der Waals surface area (Å²) in [4.78, 5) is 24.3. The molecule has 2 aromatic rings. The van der Waals surface area contributed by atoms with Gasteiger partial charge >= 0.3 is 5.97 Å². The Morgan fingerprint density at radius 1 is 1.32 bits per heavy atom. The number of carbonyl (C=O) groups is 2. The molecule has 7 nitrogen and oxygen atoms in total. The van der Waals surface area contributed by atoms with E-state index in [0.717, 1.165) is 24.3 Å². The Morgan fingerprint density at radius 3 is 2.80 bits per heavy atom. The van der Waals surface area contributed by atoms with Crippen LogP contribution in [-0.2, 0) is 14.3 Å². The van der Waals surface area contributed by atoms with Gasteiger partial charge in [0.2, 0.25) is 5.76 Å². The molecular weight excluding hydrogens is 338 g/mol. The molecule has 1 aromatic carbocycles. The van der Waals surface area contributed by atoms with E-state index < -0.39 is 29.0 Å². The van der Waals surface area contributed by atoms with E-state index >= 15 is 0 Å². The number of nitrogens with zero attached hydrogens (tertiary/aromatic N) is 1. The van der Waals surface area contributed by atoms with Gasteiger partial charge in [0.05, 0.1) is 13.7 Å². The summed E-state index contributed by atoms with van der Waals surface area (Å²) in [5.74, 6) is -3.01. The van der Waals surface area contributed by atoms with Gasteiger partial charge in [0, 0.05) is 24.7 Å². The number of hydrogen-bond acceptors (Lipinski definition) is 6. The Kier molecular flexibility index (Phi) is 4.49. The van der Waals surface area contributed by atoms with Crippen LogP contribution in [0, 0.1) is 11.6 Å². The smallest absolute Gasteiger partial charge is 0.334 e. The van der Waals surface area contributed by atoms with Crippen molar-refractivity contribution in [2.75, 3.05) is 20.3 Å². The number of amides is 1. The van der Waals surface area contributed by atoms with E-state index in [9.17, 15) is 18.4 Å². The van der Waals surface area contributed by atoms with Crippen LogP contribution in [0.3, 0.4) is 0 Å². The highest BCUT2D eigenvalue weighted by Gasteiger charge is 2.45. The van der Waals surface area contributed by atoms with Gasteiger partial charge in [-0.1, -0.05) is 5.16 Å². The van der Waals surface area contributed by atoms with Crippen LogP contribution in [-0.4, -0.2) is 42.9 Å². The molecule has 2 heterocycles. The number of nitrogens with one attached hydrogen (secondary N) is 1. The number of ether oxygens (including phenoxy) is 2. The average Bonchev–Trinajstić information content (AvgIpc) is 3.26. The van der Waals surface area contributed by atoms with E-state index in [-0.39, 0.29) is 36.7 Å². The van der Waals surface area contributed by atoms with E-state index in [1.165, 1.54) is 7.11 Å². The second kappa shape index (κ2) is 6.60. The van der Waals surface area contributed by atoms with Crippen molar-refractivity contribution < 1.29 is 32.4 Å². The molecule has 1 fully saturated rings. The molecule has 25 heavy (non-hydrogen) atoms. The topological polar surface area (TPSA) is 90.7 Å². The zero-order valence-electron chi connectivity index (χ0n) is 13.2. The summed E-state index contributed by atoms with van der Waals surface area (Å²) >= 11 is 0. The van der Waals surface area contributed by atoms with E-state index in [1.54, 1.807) is 0 Å². The van der Waals surface area contributed by atoms with E-state index in [2.05, 4.69) is 10.5 Å². The van der Waals surface area contributed by atoms with Crippen LogP contribution in [0.25, 0.3) is 11.3 Å². The quantitative estimate of drug-likeness (QED) is 0.842. The van der Waals surface area contributed by atoms with Gasteiger partial charge in [-0.2, -0.15) is 0 Å². The third-order valence-electron chi connectivity index (χ3n) is 3.89. The third kappa shape index (κ3) is 3.22. The van der Waals surface area contributed by atoms with Crippen molar-refractivity contribution in [2.45, 2.75) is 12.0 Å². The van der Waals surface area contributed by atoms with Crippen molar-refractivity contribution in [1.82, 2.24) is 10.5 Å². The van der Waals surface area contributed by atoms with E-state index in [1.807, 2.05) is 0 Å². The van der Waals surface area contributed by atoms with Crippen LogP contribution in [0.1, 0.15) is 17.0 Å². The van der Waals surface area contributed by atoms with Gasteiger partial charge in [0.15, 0.2) is 5.54 Å². The molecule has 132 valence electrons. The Morgan fingerprint density at radius 2 is 2.12 bits per heavy atom. The average molecular weight is 352 g/mol. The van der Waals surface area contributed by atoms with Gasteiger partial charge in [-0.3, -0.25) is 4.79 Å². The maximum absolute atomic E-state index is 13.8. The second-order valence-corrected chi connectivity index (χ2v) is 5.53. The van der Waals surface area contributed by atoms with Crippen LogP contribution < -0.4 is 5.32 Å². The highest BCUT2D eigenvalue weighted by Crippen LogP contribution is 2.25. The molecule has 3 rings (SSSR count). The third-order valence-corrected chi connectivity index (χ3v) is 3.89. The zero-order valence-corrected chi connectivity index (χ0v) is 13.2. The van der Waals surface area contributed by atoms with Crippen molar-refractivity contribution in [2.24, 2.45) is 0 Å². The number of methoxy groups -OCH3 is 1. The molecule has 9 heteroatoms. The minimum Gasteiger partial charge on any atom is -0.467 e. The number of rotatable bonds is 4. The van der Waals surface area contributed by atoms with Crippen LogP contribution in [0.2, 0.25) is 0 Å². The lowest BCUT2D eigenvalue weighted by molar-refractivity contribution is -0.148. The summed E-state index contributed by atoms with van der Waals surface area (Å²) in [6.07, 6.45) is 0.241. The van der Waals surface area contributed by atoms with Gasteiger partial charge in [0.1, 0.15) is 17.3 Å². The second-order valence-electron chi connectivity index (χ2n) is 5.53. The number of halogens is 2. The summed E-state index contributed by atoms with van der Waals surface area (Å²) in [5.41, 5.74) is -1.50. The Balaban J connectivity index is 1.83. The summed E-state index contributed by atoms with van der Waals surface area (Å²) in [6, 6.07) is 4.01. The van der Waals surface area contributed by atoms with Gasteiger partial charge in [0.25, 0.3) is 5.91 Å². The normalized spacial score (nSPS) is 19.6. The molecule has 0 saturated carbocycles. The number of hydrogen-bond donors (Lipinski definition) is 1. The summed E-state index contributed by atoms with van der Waals surface area (Å²) in [5, 5.41) is 6.09. The fraction of sp³-hybridized carbons (Fsp3) is 0.312. The minimum absolute atomic E-state index is 0.0368. The van der Waals surface area contributed by atoms with Gasteiger partial charge in [-0.05, 0) is 18.2 Å². The van der Waals surface area contributed by atoms with Gasteiger partial charge in [-0.15, -0.1) is 0 Å². The maximum atomic E-state index is 13.8. The molecule has 1 atom stereocenters. The largest absolute Gasteiger partial charge is 0.467 e. The molecule has 1 aliphatic heterocycles. The molecule has 0 bridgehead atoms. The lowest BCUT2D eigenvalue weighted by atomic mass is 9.98. The fourth-order valence-electron chi connectivity index (χ4n) is 2.55. The first-order valence-electron chi connectivity index (χ1n) is 7.36. The Hall–Kier alpha value is -2.81. The molecular formula is C16H14F2N2O5. The van der Waals surface area contributed by atoms with Crippen LogP contribution >= 0.6 is 0 Å². The summed E-state index contributed by atoms with van der Waals surface area (Å²) in [6.45, 7) is 0.246. The predicted octanol–water partition coefficient (Wildman–Crippen LogP) is 1.68. The maximum Gasteiger partial charge on any atom is 0.334 e. The Bertz CT molecular complexity index is 815. The highest BCUT2D eigenvalue weighted by molar-refractivity contribution is 5.97. The molecule has 1 N–H and O–H groups in total. The summed E-state index contributed by atoms with van der Waals surface area (Å²) < 4.78 is 41.8. The molecule has 1 saturated heterocycles. The van der Waals surface area contributed by atoms with E-state index in [0.29, 0.717) is 0 Å². The van der Waals surface area contributed by atoms with E-state index in [4.69, 9.17) is 14.0 Å². The predicted molar refractivity (Wildman–Crippen MR) is 79.5 cm³/mol. The van der Waals surface area contributed by atoms with Gasteiger partial charge < -0.3 is 19.3 Å². The molecule has 0 unspecified atom stereocenters. The lowest BCUT2D eigenvalue weighted by Crippen LogP contribution is -2.55. The van der Waals surface area contributed by atoms with Gasteiger partial charge in [-0.25, -0.2) is 13.6 Å². The van der Waals surface area contributed by atoms with Crippen molar-refractivity contribution in [3.63, 3.8) is 0 Å². The fourth-order valence-corrected chi connectivity index (χ4v) is 2.55. The number of carbonyl (C=O) groups excluding carboxylic acids is 2. The SMILES string of the molecule is COC(=O)[C@]1(NC(=O)c2cc(-c3cc(F)ccc3F)no2)CCOC1. The number of esters is 1. The first kappa shape index (κ1) is 17.0. The highest BCUT2D eigenvalue weighted by atomic mass is 19.1. The van der Waals surface area contributed by atoms with Crippen LogP contribution in [0.15, 0.2) is 28.8 Å².